The van der Waals surface area contributed by atoms with Crippen molar-refractivity contribution < 1.29 is 14.8 Å². The molecule has 7 heteroatoms. The number of carbonyl (C=O) groups is 1. The van der Waals surface area contributed by atoms with E-state index in [1.165, 1.54) is 12.1 Å². The van der Waals surface area contributed by atoms with Crippen LogP contribution in [0.25, 0.3) is 0 Å². The average molecular weight is 293 g/mol. The molecule has 1 aromatic carbocycles. The first-order chi connectivity index (χ1) is 9.91. The molecule has 0 saturated carbocycles. The number of nitrogens with zero attached hydrogens (tertiary/aromatic N) is 2. The van der Waals surface area contributed by atoms with Crippen molar-refractivity contribution in [2.24, 2.45) is 0 Å². The molecule has 1 aliphatic rings. The van der Waals surface area contributed by atoms with Crippen molar-refractivity contribution in [1.29, 1.82) is 0 Å². The number of nitro benzene ring substituents is 1. The summed E-state index contributed by atoms with van der Waals surface area (Å²) >= 11 is 0. The molecule has 1 amide bonds. The number of hydrogen-bond donors (Lipinski definition) is 2. The van der Waals surface area contributed by atoms with E-state index in [1.54, 1.807) is 0 Å². The zero-order valence-corrected chi connectivity index (χ0v) is 12.1. The van der Waals surface area contributed by atoms with Crippen LogP contribution >= 0.6 is 0 Å². The molecular weight excluding hydrogens is 274 g/mol. The number of phenolic OH excluding ortho intramolecular Hbond substituents is 1. The number of nitro groups is 1. The van der Waals surface area contributed by atoms with Gasteiger partial charge in [-0.15, -0.1) is 0 Å². The number of nitrogens with one attached hydrogen (secondary N) is 1. The largest absolute Gasteiger partial charge is 0.502 e. The second-order valence-corrected chi connectivity index (χ2v) is 5.41. The molecule has 0 spiro atoms. The summed E-state index contributed by atoms with van der Waals surface area (Å²) in [6.45, 7) is 4.03. The lowest BCUT2D eigenvalue weighted by Crippen LogP contribution is -2.54. The van der Waals surface area contributed by atoms with Gasteiger partial charge in [0.2, 0.25) is 5.75 Å². The number of piperidine rings is 1. The van der Waals surface area contributed by atoms with Crippen molar-refractivity contribution in [2.75, 3.05) is 0 Å². The molecule has 2 N–H and O–H groups in total. The molecule has 1 saturated heterocycles. The molecule has 2 rings (SSSR count). The van der Waals surface area contributed by atoms with Crippen LogP contribution in [0.5, 0.6) is 5.75 Å². The fraction of sp³-hybridized carbons (Fsp3) is 0.500. The van der Waals surface area contributed by atoms with E-state index >= 15 is 0 Å². The molecule has 1 aliphatic heterocycles. The second kappa shape index (κ2) is 6.09. The lowest BCUT2D eigenvalue weighted by atomic mass is 10.00. The van der Waals surface area contributed by atoms with Gasteiger partial charge >= 0.3 is 5.69 Å². The van der Waals surface area contributed by atoms with Crippen molar-refractivity contribution in [3.05, 3.63) is 33.9 Å². The van der Waals surface area contributed by atoms with Gasteiger partial charge in [0, 0.05) is 18.2 Å². The summed E-state index contributed by atoms with van der Waals surface area (Å²) in [5.74, 6) is -1.13. The smallest absolute Gasteiger partial charge is 0.311 e. The molecular formula is C14H19N3O4. The number of rotatable bonds is 3. The van der Waals surface area contributed by atoms with Gasteiger partial charge in [0.05, 0.1) is 10.5 Å². The Hall–Kier alpha value is -2.15. The highest BCUT2D eigenvalue weighted by atomic mass is 16.6. The van der Waals surface area contributed by atoms with Crippen LogP contribution in [-0.4, -0.2) is 33.0 Å². The minimum absolute atomic E-state index is 0.0887. The fourth-order valence-corrected chi connectivity index (χ4v) is 2.68. The summed E-state index contributed by atoms with van der Waals surface area (Å²) in [5, 5.41) is 22.5. The lowest BCUT2D eigenvalue weighted by Gasteiger charge is -2.38. The highest BCUT2D eigenvalue weighted by Crippen LogP contribution is 2.29. The van der Waals surface area contributed by atoms with Crippen LogP contribution < -0.4 is 5.43 Å². The molecule has 0 aromatic heterocycles. The van der Waals surface area contributed by atoms with E-state index < -0.39 is 22.3 Å². The maximum atomic E-state index is 12.3. The maximum Gasteiger partial charge on any atom is 0.311 e. The van der Waals surface area contributed by atoms with Gasteiger partial charge in [0.1, 0.15) is 0 Å². The quantitative estimate of drug-likeness (QED) is 0.658. The Kier molecular flexibility index (Phi) is 4.42. The summed E-state index contributed by atoms with van der Waals surface area (Å²) in [7, 11) is 0. The Morgan fingerprint density at radius 3 is 2.57 bits per heavy atom. The van der Waals surface area contributed by atoms with Crippen LogP contribution in [0, 0.1) is 10.1 Å². The Morgan fingerprint density at radius 2 is 2.00 bits per heavy atom. The molecule has 0 aliphatic carbocycles. The van der Waals surface area contributed by atoms with Crippen molar-refractivity contribution >= 4 is 11.6 Å². The van der Waals surface area contributed by atoms with Crippen LogP contribution in [0.2, 0.25) is 0 Å². The van der Waals surface area contributed by atoms with E-state index in [2.05, 4.69) is 5.43 Å². The fourth-order valence-electron chi connectivity index (χ4n) is 2.68. The van der Waals surface area contributed by atoms with Gasteiger partial charge in [0.15, 0.2) is 0 Å². The molecule has 0 bridgehead atoms. The zero-order valence-electron chi connectivity index (χ0n) is 12.1. The average Bonchev–Trinajstić information content (AvgIpc) is 2.42. The Bertz CT molecular complexity index is 551. The van der Waals surface area contributed by atoms with Gasteiger partial charge < -0.3 is 5.11 Å². The Labute approximate surface area is 122 Å². The number of amides is 1. The molecule has 1 heterocycles. The van der Waals surface area contributed by atoms with Gasteiger partial charge in [-0.2, -0.15) is 0 Å². The van der Waals surface area contributed by atoms with E-state index in [0.29, 0.717) is 0 Å². The number of para-hydroxylation sites is 1. The van der Waals surface area contributed by atoms with E-state index in [4.69, 9.17) is 0 Å². The van der Waals surface area contributed by atoms with Gasteiger partial charge in [0.25, 0.3) is 5.91 Å². The van der Waals surface area contributed by atoms with Crippen LogP contribution in [0.4, 0.5) is 5.69 Å². The number of benzene rings is 1. The van der Waals surface area contributed by atoms with Crippen LogP contribution in [0.1, 0.15) is 43.5 Å². The SMILES string of the molecule is CC1CCCC(C)N1NC(=O)c1cccc([N+](=O)[O-])c1O. The summed E-state index contributed by atoms with van der Waals surface area (Å²) < 4.78 is 0. The van der Waals surface area contributed by atoms with Gasteiger partial charge in [-0.3, -0.25) is 20.3 Å². The van der Waals surface area contributed by atoms with Crippen molar-refractivity contribution in [3.63, 3.8) is 0 Å². The van der Waals surface area contributed by atoms with Crippen molar-refractivity contribution in [2.45, 2.75) is 45.2 Å². The maximum absolute atomic E-state index is 12.3. The van der Waals surface area contributed by atoms with Gasteiger partial charge in [-0.1, -0.05) is 12.5 Å². The highest BCUT2D eigenvalue weighted by molar-refractivity contribution is 5.97. The summed E-state index contributed by atoms with van der Waals surface area (Å²) in [4.78, 5) is 22.3. The molecule has 2 unspecified atom stereocenters. The number of carbonyl (C=O) groups excluding carboxylic acids is 1. The Morgan fingerprint density at radius 1 is 1.38 bits per heavy atom. The van der Waals surface area contributed by atoms with Gasteiger partial charge in [-0.25, -0.2) is 5.01 Å². The highest BCUT2D eigenvalue weighted by Gasteiger charge is 2.28. The minimum Gasteiger partial charge on any atom is -0.502 e. The van der Waals surface area contributed by atoms with E-state index in [0.717, 1.165) is 25.3 Å². The third-order valence-corrected chi connectivity index (χ3v) is 3.88. The third-order valence-electron chi connectivity index (χ3n) is 3.88. The molecule has 1 aromatic rings. The van der Waals surface area contributed by atoms with Crippen LogP contribution in [0.15, 0.2) is 18.2 Å². The molecule has 0 radical (unpaired) electrons. The van der Waals surface area contributed by atoms with Crippen LogP contribution in [-0.2, 0) is 0 Å². The summed E-state index contributed by atoms with van der Waals surface area (Å²) in [6.07, 6.45) is 3.06. The third kappa shape index (κ3) is 3.13. The number of aromatic hydroxyl groups is 1. The summed E-state index contributed by atoms with van der Waals surface area (Å²) in [6, 6.07) is 4.31. The standard InChI is InChI=1S/C14H19N3O4/c1-9-5-3-6-10(2)16(9)15-14(19)11-7-4-8-12(13(11)18)17(20)21/h4,7-10,18H,3,5-6H2,1-2H3,(H,15,19). The van der Waals surface area contributed by atoms with E-state index in [-0.39, 0.29) is 17.6 Å². The van der Waals surface area contributed by atoms with Crippen molar-refractivity contribution in [1.82, 2.24) is 10.4 Å². The predicted molar refractivity (Wildman–Crippen MR) is 76.8 cm³/mol. The zero-order chi connectivity index (χ0) is 15.6. The van der Waals surface area contributed by atoms with Crippen molar-refractivity contribution in [3.8, 4) is 5.75 Å². The van der Waals surface area contributed by atoms with Gasteiger partial charge in [-0.05, 0) is 32.8 Å². The van der Waals surface area contributed by atoms with Crippen LogP contribution in [0.3, 0.4) is 0 Å². The summed E-state index contributed by atoms with van der Waals surface area (Å²) in [5.41, 5.74) is 2.19. The van der Waals surface area contributed by atoms with E-state index in [1.807, 2.05) is 18.9 Å². The molecule has 114 valence electrons. The lowest BCUT2D eigenvalue weighted by molar-refractivity contribution is -0.385. The molecule has 7 nitrogen and oxygen atoms in total. The first-order valence-corrected chi connectivity index (χ1v) is 6.97. The molecule has 2 atom stereocenters. The topological polar surface area (TPSA) is 95.7 Å². The first kappa shape index (κ1) is 15.2. The molecule has 1 fully saturated rings. The first-order valence-electron chi connectivity index (χ1n) is 6.97. The number of hydrogen-bond acceptors (Lipinski definition) is 5. The second-order valence-electron chi connectivity index (χ2n) is 5.41. The normalized spacial score (nSPS) is 22.8. The number of hydrazine groups is 1. The minimum atomic E-state index is -0.710. The predicted octanol–water partition coefficient (Wildman–Crippen LogP) is 2.21. The Balaban J connectivity index is 2.21. The number of phenols is 1. The van der Waals surface area contributed by atoms with E-state index in [9.17, 15) is 20.0 Å². The molecule has 21 heavy (non-hydrogen) atoms. The monoisotopic (exact) mass is 293 g/mol.